The molecule has 0 bridgehead atoms. The third-order valence-electron chi connectivity index (χ3n) is 5.71. The number of nitrogens with one attached hydrogen (secondary N) is 2. The lowest BCUT2D eigenvalue weighted by Gasteiger charge is -2.38. The molecule has 2 N–H and O–H groups in total. The molecule has 0 aromatic heterocycles. The zero-order chi connectivity index (χ0) is 21.0. The largest absolute Gasteiger partial charge is 0.416 e. The summed E-state index contributed by atoms with van der Waals surface area (Å²) in [5, 5.41) is 5.23. The van der Waals surface area contributed by atoms with Crippen molar-refractivity contribution in [3.8, 4) is 0 Å². The van der Waals surface area contributed by atoms with E-state index in [2.05, 4.69) is 10.6 Å². The molecule has 1 aliphatic heterocycles. The Morgan fingerprint density at radius 1 is 1.10 bits per heavy atom. The first-order chi connectivity index (χ1) is 13.7. The molecule has 3 rings (SSSR count). The van der Waals surface area contributed by atoms with Crippen molar-refractivity contribution in [2.24, 2.45) is 0 Å². The summed E-state index contributed by atoms with van der Waals surface area (Å²) in [6, 6.07) is 4.46. The Morgan fingerprint density at radius 2 is 1.76 bits per heavy atom. The molecule has 1 atom stereocenters. The van der Waals surface area contributed by atoms with E-state index in [9.17, 15) is 22.8 Å². The molecule has 2 fully saturated rings. The number of piperazine rings is 1. The number of urea groups is 1. The summed E-state index contributed by atoms with van der Waals surface area (Å²) in [4.78, 5) is 28.2. The predicted octanol–water partition coefficient (Wildman–Crippen LogP) is 2.98. The summed E-state index contributed by atoms with van der Waals surface area (Å²) < 4.78 is 38.8. The van der Waals surface area contributed by atoms with Crippen LogP contribution in [0.4, 0.5) is 23.7 Å². The highest BCUT2D eigenvalue weighted by Crippen LogP contribution is 2.32. The first-order valence-electron chi connectivity index (χ1n) is 10.0. The zero-order valence-electron chi connectivity index (χ0n) is 16.5. The number of nitrogens with zero attached hydrogens (tertiary/aromatic N) is 2. The van der Waals surface area contributed by atoms with Gasteiger partial charge < -0.3 is 10.2 Å². The molecule has 1 saturated heterocycles. The van der Waals surface area contributed by atoms with Crippen molar-refractivity contribution >= 4 is 17.6 Å². The van der Waals surface area contributed by atoms with Gasteiger partial charge in [0.25, 0.3) is 0 Å². The number of anilines is 1. The maximum Gasteiger partial charge on any atom is 0.416 e. The molecule has 3 amide bonds. The maximum absolute atomic E-state index is 12.9. The molecule has 1 aromatic rings. The number of amides is 3. The van der Waals surface area contributed by atoms with Gasteiger partial charge >= 0.3 is 12.2 Å². The van der Waals surface area contributed by atoms with Crippen molar-refractivity contribution in [1.82, 2.24) is 15.5 Å². The number of carbonyl (C=O) groups is 2. The van der Waals surface area contributed by atoms with Crippen LogP contribution in [0.3, 0.4) is 0 Å². The highest BCUT2D eigenvalue weighted by molar-refractivity contribution is 5.96. The number of imide groups is 1. The van der Waals surface area contributed by atoms with Crippen LogP contribution >= 0.6 is 0 Å². The van der Waals surface area contributed by atoms with E-state index in [4.69, 9.17) is 0 Å². The Morgan fingerprint density at radius 3 is 2.38 bits per heavy atom. The van der Waals surface area contributed by atoms with Gasteiger partial charge in [-0.25, -0.2) is 4.79 Å². The van der Waals surface area contributed by atoms with E-state index in [0.29, 0.717) is 31.9 Å². The highest BCUT2D eigenvalue weighted by Gasteiger charge is 2.32. The summed E-state index contributed by atoms with van der Waals surface area (Å²) in [6.45, 7) is 3.79. The first kappa shape index (κ1) is 21.4. The molecule has 2 aliphatic rings. The summed E-state index contributed by atoms with van der Waals surface area (Å²) >= 11 is 0. The normalized spacial score (nSPS) is 19.8. The van der Waals surface area contributed by atoms with E-state index in [1.807, 2.05) is 9.80 Å². The minimum Gasteiger partial charge on any atom is -0.369 e. The third-order valence-corrected chi connectivity index (χ3v) is 5.71. The Bertz CT molecular complexity index is 727. The van der Waals surface area contributed by atoms with Crippen LogP contribution in [0.5, 0.6) is 0 Å². The van der Waals surface area contributed by atoms with Crippen LogP contribution in [-0.4, -0.2) is 55.1 Å². The molecule has 1 saturated carbocycles. The Balaban J connectivity index is 1.49. The summed E-state index contributed by atoms with van der Waals surface area (Å²) in [7, 11) is 0. The average Bonchev–Trinajstić information content (AvgIpc) is 3.19. The van der Waals surface area contributed by atoms with Crippen LogP contribution in [0.25, 0.3) is 0 Å². The van der Waals surface area contributed by atoms with Gasteiger partial charge in [-0.3, -0.25) is 15.0 Å². The number of carbonyl (C=O) groups excluding carboxylic acids is 2. The predicted molar refractivity (Wildman–Crippen MR) is 104 cm³/mol. The van der Waals surface area contributed by atoms with E-state index in [1.165, 1.54) is 6.07 Å². The van der Waals surface area contributed by atoms with E-state index >= 15 is 0 Å². The number of alkyl halides is 3. The number of hydrogen-bond donors (Lipinski definition) is 2. The summed E-state index contributed by atoms with van der Waals surface area (Å²) in [6.07, 6.45) is -0.316. The van der Waals surface area contributed by atoms with Crippen molar-refractivity contribution in [3.05, 3.63) is 29.8 Å². The minimum absolute atomic E-state index is 0.133. The Kier molecular flexibility index (Phi) is 6.66. The van der Waals surface area contributed by atoms with Gasteiger partial charge in [-0.1, -0.05) is 18.9 Å². The molecule has 29 heavy (non-hydrogen) atoms. The summed E-state index contributed by atoms with van der Waals surface area (Å²) in [5.41, 5.74) is -0.147. The lowest BCUT2D eigenvalue weighted by atomic mass is 10.1. The number of benzene rings is 1. The Hall–Kier alpha value is -2.29. The van der Waals surface area contributed by atoms with Crippen LogP contribution in [0.1, 0.15) is 38.2 Å². The monoisotopic (exact) mass is 412 g/mol. The second-order valence-corrected chi connectivity index (χ2v) is 7.69. The van der Waals surface area contributed by atoms with E-state index < -0.39 is 23.8 Å². The smallest absolute Gasteiger partial charge is 0.369 e. The molecule has 1 aliphatic carbocycles. The van der Waals surface area contributed by atoms with Gasteiger partial charge in [0, 0.05) is 37.9 Å². The van der Waals surface area contributed by atoms with Gasteiger partial charge in [0.15, 0.2) is 0 Å². The SMILES string of the molecule is C[C@@H](C(=O)NC(=O)NC1CCCC1)N1CCN(c2cccc(C(F)(F)F)c2)CC1. The fourth-order valence-electron chi connectivity index (χ4n) is 3.92. The fourth-order valence-corrected chi connectivity index (χ4v) is 3.92. The summed E-state index contributed by atoms with van der Waals surface area (Å²) in [5.74, 6) is -0.368. The van der Waals surface area contributed by atoms with E-state index in [-0.39, 0.29) is 11.9 Å². The molecule has 0 spiro atoms. The van der Waals surface area contributed by atoms with Crippen molar-refractivity contribution in [3.63, 3.8) is 0 Å². The molecule has 1 heterocycles. The van der Waals surface area contributed by atoms with Crippen LogP contribution < -0.4 is 15.5 Å². The standard InChI is InChI=1S/C20H27F3N4O2/c1-14(18(28)25-19(29)24-16-6-2-3-7-16)26-9-11-27(12-10-26)17-8-4-5-15(13-17)20(21,22)23/h4-5,8,13-14,16H,2-3,6-7,9-12H2,1H3,(H2,24,25,28,29)/t14-/m0/s1. The lowest BCUT2D eigenvalue weighted by Crippen LogP contribution is -2.56. The molecule has 1 aromatic carbocycles. The molecule has 0 radical (unpaired) electrons. The van der Waals surface area contributed by atoms with Crippen LogP contribution in [0.15, 0.2) is 24.3 Å². The number of rotatable bonds is 4. The van der Waals surface area contributed by atoms with Crippen molar-refractivity contribution in [1.29, 1.82) is 0 Å². The average molecular weight is 412 g/mol. The first-order valence-corrected chi connectivity index (χ1v) is 10.0. The maximum atomic E-state index is 12.9. The number of halogens is 3. The third kappa shape index (κ3) is 5.62. The zero-order valence-corrected chi connectivity index (χ0v) is 16.5. The van der Waals surface area contributed by atoms with Crippen molar-refractivity contribution in [2.75, 3.05) is 31.1 Å². The highest BCUT2D eigenvalue weighted by atomic mass is 19.4. The minimum atomic E-state index is -4.37. The van der Waals surface area contributed by atoms with Gasteiger partial charge in [0.1, 0.15) is 0 Å². The topological polar surface area (TPSA) is 64.7 Å². The van der Waals surface area contributed by atoms with Crippen LogP contribution in [-0.2, 0) is 11.0 Å². The molecule has 6 nitrogen and oxygen atoms in total. The van der Waals surface area contributed by atoms with Gasteiger partial charge in [0.05, 0.1) is 11.6 Å². The lowest BCUT2D eigenvalue weighted by molar-refractivity contribution is -0.137. The van der Waals surface area contributed by atoms with Crippen LogP contribution in [0, 0.1) is 0 Å². The number of hydrogen-bond acceptors (Lipinski definition) is 4. The van der Waals surface area contributed by atoms with Gasteiger partial charge in [-0.05, 0) is 38.0 Å². The second-order valence-electron chi connectivity index (χ2n) is 7.69. The fraction of sp³-hybridized carbons (Fsp3) is 0.600. The van der Waals surface area contributed by atoms with Gasteiger partial charge in [0.2, 0.25) is 5.91 Å². The quantitative estimate of drug-likeness (QED) is 0.798. The molecule has 0 unspecified atom stereocenters. The van der Waals surface area contributed by atoms with E-state index in [0.717, 1.165) is 37.8 Å². The van der Waals surface area contributed by atoms with Gasteiger partial charge in [-0.2, -0.15) is 13.2 Å². The Labute approximate surface area is 168 Å². The van der Waals surface area contributed by atoms with Crippen LogP contribution in [0.2, 0.25) is 0 Å². The molecule has 160 valence electrons. The molecule has 9 heteroatoms. The molecular weight excluding hydrogens is 385 g/mol. The van der Waals surface area contributed by atoms with Crippen molar-refractivity contribution in [2.45, 2.75) is 50.9 Å². The molecular formula is C20H27F3N4O2. The van der Waals surface area contributed by atoms with Crippen molar-refractivity contribution < 1.29 is 22.8 Å². The van der Waals surface area contributed by atoms with Gasteiger partial charge in [-0.15, -0.1) is 0 Å². The van der Waals surface area contributed by atoms with E-state index in [1.54, 1.807) is 13.0 Å². The second kappa shape index (κ2) is 9.02.